The Labute approximate surface area is 161 Å². The summed E-state index contributed by atoms with van der Waals surface area (Å²) in [6.07, 6.45) is 0. The summed E-state index contributed by atoms with van der Waals surface area (Å²) in [7, 11) is 0. The van der Waals surface area contributed by atoms with Gasteiger partial charge in [0.05, 0.1) is 0 Å². The molecule has 0 unspecified atom stereocenters. The van der Waals surface area contributed by atoms with Gasteiger partial charge in [-0.2, -0.15) is 0 Å². The number of amides is 2. The fourth-order valence-electron chi connectivity index (χ4n) is 2.21. The van der Waals surface area contributed by atoms with Crippen molar-refractivity contribution >= 4 is 40.6 Å². The maximum absolute atomic E-state index is 12.0. The van der Waals surface area contributed by atoms with Gasteiger partial charge in [0.1, 0.15) is 12.4 Å². The lowest BCUT2D eigenvalue weighted by Crippen LogP contribution is -2.19. The maximum Gasteiger partial charge on any atom is 0.323 e. The summed E-state index contributed by atoms with van der Waals surface area (Å²) >= 11 is 11.7. The van der Waals surface area contributed by atoms with E-state index in [2.05, 4.69) is 10.6 Å². The van der Waals surface area contributed by atoms with Crippen LogP contribution in [0.2, 0.25) is 10.0 Å². The van der Waals surface area contributed by atoms with Crippen LogP contribution in [0.4, 0.5) is 16.2 Å². The molecule has 0 aromatic heterocycles. The predicted molar refractivity (Wildman–Crippen MR) is 106 cm³/mol. The topological polar surface area (TPSA) is 50.4 Å². The zero-order valence-corrected chi connectivity index (χ0v) is 15.2. The van der Waals surface area contributed by atoms with Gasteiger partial charge < -0.3 is 15.4 Å². The highest BCUT2D eigenvalue weighted by molar-refractivity contribution is 6.30. The molecule has 0 fully saturated rings. The highest BCUT2D eigenvalue weighted by Gasteiger charge is 2.03. The highest BCUT2D eigenvalue weighted by Crippen LogP contribution is 2.19. The van der Waals surface area contributed by atoms with Crippen LogP contribution in [0, 0.1) is 0 Å². The predicted octanol–water partition coefficient (Wildman–Crippen LogP) is 6.22. The Bertz CT molecular complexity index is 864. The molecule has 3 aromatic carbocycles. The second kappa shape index (κ2) is 8.61. The lowest BCUT2D eigenvalue weighted by molar-refractivity contribution is 0.262. The van der Waals surface area contributed by atoms with Crippen molar-refractivity contribution in [2.45, 2.75) is 6.61 Å². The molecule has 0 aliphatic carbocycles. The van der Waals surface area contributed by atoms with Crippen LogP contribution in [-0.4, -0.2) is 6.03 Å². The molecule has 132 valence electrons. The van der Waals surface area contributed by atoms with E-state index in [0.717, 1.165) is 5.56 Å². The van der Waals surface area contributed by atoms with E-state index in [0.29, 0.717) is 33.8 Å². The molecule has 4 nitrogen and oxygen atoms in total. The molecule has 0 saturated carbocycles. The number of ether oxygens (including phenoxy) is 1. The van der Waals surface area contributed by atoms with Crippen molar-refractivity contribution in [3.8, 4) is 5.75 Å². The molecule has 6 heteroatoms. The summed E-state index contributed by atoms with van der Waals surface area (Å²) in [5, 5.41) is 6.80. The lowest BCUT2D eigenvalue weighted by atomic mass is 10.2. The van der Waals surface area contributed by atoms with Crippen molar-refractivity contribution in [1.82, 2.24) is 0 Å². The second-order valence-electron chi connectivity index (χ2n) is 5.53. The van der Waals surface area contributed by atoms with Crippen LogP contribution in [0.3, 0.4) is 0 Å². The Morgan fingerprint density at radius 2 is 1.19 bits per heavy atom. The van der Waals surface area contributed by atoms with Crippen LogP contribution < -0.4 is 15.4 Å². The molecule has 0 saturated heterocycles. The smallest absolute Gasteiger partial charge is 0.323 e. The Kier molecular flexibility index (Phi) is 6.00. The van der Waals surface area contributed by atoms with Gasteiger partial charge in [0.15, 0.2) is 0 Å². The van der Waals surface area contributed by atoms with E-state index in [4.69, 9.17) is 27.9 Å². The van der Waals surface area contributed by atoms with Crippen LogP contribution in [0.1, 0.15) is 5.56 Å². The average Bonchev–Trinajstić information content (AvgIpc) is 2.64. The number of benzene rings is 3. The molecule has 0 aliphatic rings. The first-order valence-corrected chi connectivity index (χ1v) is 8.65. The van der Waals surface area contributed by atoms with E-state index >= 15 is 0 Å². The largest absolute Gasteiger partial charge is 0.489 e. The van der Waals surface area contributed by atoms with Crippen molar-refractivity contribution in [2.75, 3.05) is 10.6 Å². The molecular weight excluding hydrogens is 371 g/mol. The van der Waals surface area contributed by atoms with E-state index in [9.17, 15) is 4.79 Å². The second-order valence-corrected chi connectivity index (χ2v) is 6.40. The lowest BCUT2D eigenvalue weighted by Gasteiger charge is -2.10. The number of halogens is 2. The number of rotatable bonds is 5. The minimum atomic E-state index is -0.331. The van der Waals surface area contributed by atoms with Gasteiger partial charge in [-0.15, -0.1) is 0 Å². The molecule has 0 atom stereocenters. The normalized spacial score (nSPS) is 10.2. The van der Waals surface area contributed by atoms with Gasteiger partial charge in [0, 0.05) is 21.4 Å². The number of carbonyl (C=O) groups excluding carboxylic acids is 1. The molecule has 2 N–H and O–H groups in total. The minimum Gasteiger partial charge on any atom is -0.489 e. The Morgan fingerprint density at radius 3 is 1.73 bits per heavy atom. The van der Waals surface area contributed by atoms with Gasteiger partial charge in [0.25, 0.3) is 0 Å². The monoisotopic (exact) mass is 386 g/mol. The number of carbonyl (C=O) groups is 1. The third-order valence-corrected chi connectivity index (χ3v) is 4.04. The zero-order chi connectivity index (χ0) is 18.4. The van der Waals surface area contributed by atoms with Crippen molar-refractivity contribution in [3.63, 3.8) is 0 Å². The summed E-state index contributed by atoms with van der Waals surface area (Å²) in [6.45, 7) is 0.445. The molecule has 26 heavy (non-hydrogen) atoms. The average molecular weight is 387 g/mol. The fourth-order valence-corrected chi connectivity index (χ4v) is 2.46. The van der Waals surface area contributed by atoms with Crippen molar-refractivity contribution in [3.05, 3.63) is 88.4 Å². The molecule has 3 aromatic rings. The summed E-state index contributed by atoms with van der Waals surface area (Å²) in [5.41, 5.74) is 2.35. The van der Waals surface area contributed by atoms with E-state index in [-0.39, 0.29) is 6.03 Å². The van der Waals surface area contributed by atoms with E-state index in [1.54, 1.807) is 48.5 Å². The minimum absolute atomic E-state index is 0.331. The van der Waals surface area contributed by atoms with Crippen LogP contribution in [0.15, 0.2) is 72.8 Å². The van der Waals surface area contributed by atoms with Crippen LogP contribution in [-0.2, 0) is 6.61 Å². The van der Waals surface area contributed by atoms with Crippen molar-refractivity contribution in [2.24, 2.45) is 0 Å². The van der Waals surface area contributed by atoms with Crippen molar-refractivity contribution in [1.29, 1.82) is 0 Å². The van der Waals surface area contributed by atoms with Gasteiger partial charge in [0.2, 0.25) is 0 Å². The molecule has 0 heterocycles. The molecule has 0 bridgehead atoms. The molecule has 3 rings (SSSR count). The number of urea groups is 1. The number of anilines is 2. The highest BCUT2D eigenvalue weighted by atomic mass is 35.5. The third-order valence-electron chi connectivity index (χ3n) is 3.53. The van der Waals surface area contributed by atoms with Gasteiger partial charge in [-0.05, 0) is 66.2 Å². The zero-order valence-electron chi connectivity index (χ0n) is 13.7. The Morgan fingerprint density at radius 1 is 0.731 bits per heavy atom. The Hall–Kier alpha value is -2.69. The fraction of sp³-hybridized carbons (Fsp3) is 0.0500. The number of hydrogen-bond donors (Lipinski definition) is 2. The van der Waals surface area contributed by atoms with Gasteiger partial charge in [-0.3, -0.25) is 0 Å². The van der Waals surface area contributed by atoms with E-state index < -0.39 is 0 Å². The number of hydrogen-bond acceptors (Lipinski definition) is 2. The first kappa shape index (κ1) is 18.1. The summed E-state index contributed by atoms with van der Waals surface area (Å²) < 4.78 is 5.71. The van der Waals surface area contributed by atoms with Crippen LogP contribution >= 0.6 is 23.2 Å². The SMILES string of the molecule is O=C(Nc1ccc(Cl)cc1)Nc1ccc(OCc2ccc(Cl)cc2)cc1. The molecular formula is C20H16Cl2N2O2. The van der Waals surface area contributed by atoms with Crippen molar-refractivity contribution < 1.29 is 9.53 Å². The van der Waals surface area contributed by atoms with Gasteiger partial charge in [-0.1, -0.05) is 35.3 Å². The van der Waals surface area contributed by atoms with E-state index in [1.165, 1.54) is 0 Å². The molecule has 0 radical (unpaired) electrons. The molecule has 2 amide bonds. The quantitative estimate of drug-likeness (QED) is 0.546. The summed E-state index contributed by atoms with van der Waals surface area (Å²) in [5.74, 6) is 0.712. The van der Waals surface area contributed by atoms with Gasteiger partial charge >= 0.3 is 6.03 Å². The summed E-state index contributed by atoms with van der Waals surface area (Å²) in [4.78, 5) is 12.0. The molecule has 0 spiro atoms. The first-order valence-electron chi connectivity index (χ1n) is 7.89. The third kappa shape index (κ3) is 5.41. The summed E-state index contributed by atoms with van der Waals surface area (Å²) in [6, 6.07) is 21.2. The molecule has 0 aliphatic heterocycles. The van der Waals surface area contributed by atoms with E-state index in [1.807, 2.05) is 24.3 Å². The van der Waals surface area contributed by atoms with Crippen LogP contribution in [0.5, 0.6) is 5.75 Å². The maximum atomic E-state index is 12.0. The van der Waals surface area contributed by atoms with Crippen LogP contribution in [0.25, 0.3) is 0 Å². The Balaban J connectivity index is 1.51. The van der Waals surface area contributed by atoms with Gasteiger partial charge in [-0.25, -0.2) is 4.79 Å². The standard InChI is InChI=1S/C20H16Cl2N2O2/c21-15-3-1-14(2-4-15)13-26-19-11-9-18(10-12-19)24-20(25)23-17-7-5-16(22)6-8-17/h1-12H,13H2,(H2,23,24,25). The first-order chi connectivity index (χ1) is 12.6. The number of nitrogens with one attached hydrogen (secondary N) is 2.